The zero-order chi connectivity index (χ0) is 12.3. The summed E-state index contributed by atoms with van der Waals surface area (Å²) >= 11 is 0. The lowest BCUT2D eigenvalue weighted by Gasteiger charge is -2.41. The summed E-state index contributed by atoms with van der Waals surface area (Å²) in [5, 5.41) is 0. The predicted octanol–water partition coefficient (Wildman–Crippen LogP) is 0.997. The quantitative estimate of drug-likeness (QED) is 0.784. The summed E-state index contributed by atoms with van der Waals surface area (Å²) in [7, 11) is 1.58. The van der Waals surface area contributed by atoms with Crippen LogP contribution in [0.25, 0.3) is 0 Å². The van der Waals surface area contributed by atoms with E-state index in [9.17, 15) is 4.79 Å². The van der Waals surface area contributed by atoms with Crippen molar-refractivity contribution < 1.29 is 9.53 Å². The molecule has 4 heteroatoms. The van der Waals surface area contributed by atoms with Gasteiger partial charge in [-0.1, -0.05) is 0 Å². The smallest absolute Gasteiger partial charge is 0.254 e. The molecule has 0 aromatic carbocycles. The molecule has 1 saturated heterocycles. The van der Waals surface area contributed by atoms with Crippen molar-refractivity contribution in [3.8, 4) is 0 Å². The fourth-order valence-corrected chi connectivity index (χ4v) is 2.09. The fraction of sp³-hybridized carbons (Fsp3) is 0.917. The molecule has 16 heavy (non-hydrogen) atoms. The molecule has 1 amide bonds. The Balaban J connectivity index is 2.73. The van der Waals surface area contributed by atoms with E-state index in [0.29, 0.717) is 18.5 Å². The lowest BCUT2D eigenvalue weighted by molar-refractivity contribution is -0.155. The normalized spacial score (nSPS) is 26.9. The molecule has 0 radical (unpaired) electrons. The molecule has 1 aliphatic heterocycles. The first-order chi connectivity index (χ1) is 7.42. The molecule has 0 saturated carbocycles. The number of amides is 1. The number of rotatable bonds is 3. The second-order valence-corrected chi connectivity index (χ2v) is 5.20. The number of ether oxygens (including phenoxy) is 1. The van der Waals surface area contributed by atoms with Crippen molar-refractivity contribution in [1.82, 2.24) is 4.90 Å². The Hall–Kier alpha value is -0.610. The monoisotopic (exact) mass is 228 g/mol. The molecule has 1 heterocycles. The van der Waals surface area contributed by atoms with E-state index >= 15 is 0 Å². The lowest BCUT2D eigenvalue weighted by Crippen LogP contribution is -2.54. The van der Waals surface area contributed by atoms with Gasteiger partial charge in [0, 0.05) is 19.7 Å². The number of carbonyl (C=O) groups is 1. The van der Waals surface area contributed by atoms with Gasteiger partial charge in [-0.2, -0.15) is 0 Å². The van der Waals surface area contributed by atoms with Crippen LogP contribution in [0.4, 0.5) is 0 Å². The Morgan fingerprint density at radius 1 is 1.50 bits per heavy atom. The number of methoxy groups -OCH3 is 1. The topological polar surface area (TPSA) is 55.6 Å². The van der Waals surface area contributed by atoms with Gasteiger partial charge >= 0.3 is 0 Å². The molecule has 1 rings (SSSR count). The SMILES string of the molecule is COC(C)(C)C(=O)N1CC(CN)CCC1C. The van der Waals surface area contributed by atoms with E-state index in [2.05, 4.69) is 6.92 Å². The van der Waals surface area contributed by atoms with E-state index in [4.69, 9.17) is 10.5 Å². The van der Waals surface area contributed by atoms with Crippen molar-refractivity contribution in [3.63, 3.8) is 0 Å². The third kappa shape index (κ3) is 2.74. The van der Waals surface area contributed by atoms with E-state index < -0.39 is 5.60 Å². The summed E-state index contributed by atoms with van der Waals surface area (Å²) in [6.45, 7) is 7.14. The van der Waals surface area contributed by atoms with E-state index in [1.165, 1.54) is 0 Å². The summed E-state index contributed by atoms with van der Waals surface area (Å²) in [6.07, 6.45) is 2.16. The van der Waals surface area contributed by atoms with Crippen molar-refractivity contribution in [2.75, 3.05) is 20.2 Å². The maximum Gasteiger partial charge on any atom is 0.254 e. The van der Waals surface area contributed by atoms with Gasteiger partial charge in [-0.3, -0.25) is 4.79 Å². The molecule has 0 aromatic rings. The number of likely N-dealkylation sites (tertiary alicyclic amines) is 1. The van der Waals surface area contributed by atoms with Gasteiger partial charge in [0.25, 0.3) is 5.91 Å². The predicted molar refractivity (Wildman–Crippen MR) is 64.0 cm³/mol. The Morgan fingerprint density at radius 3 is 2.62 bits per heavy atom. The van der Waals surface area contributed by atoms with Gasteiger partial charge < -0.3 is 15.4 Å². The highest BCUT2D eigenvalue weighted by Crippen LogP contribution is 2.24. The van der Waals surface area contributed by atoms with Crippen LogP contribution in [0.5, 0.6) is 0 Å². The molecule has 1 fully saturated rings. The van der Waals surface area contributed by atoms with Crippen LogP contribution in [0.1, 0.15) is 33.6 Å². The minimum Gasteiger partial charge on any atom is -0.369 e. The fourth-order valence-electron chi connectivity index (χ4n) is 2.09. The van der Waals surface area contributed by atoms with Gasteiger partial charge in [0.1, 0.15) is 5.60 Å². The van der Waals surface area contributed by atoms with Gasteiger partial charge in [0.2, 0.25) is 0 Å². The third-order valence-corrected chi connectivity index (χ3v) is 3.60. The Bertz CT molecular complexity index is 253. The number of hydrogen-bond donors (Lipinski definition) is 1. The van der Waals surface area contributed by atoms with Crippen LogP contribution in [-0.4, -0.2) is 42.6 Å². The van der Waals surface area contributed by atoms with Gasteiger partial charge in [-0.25, -0.2) is 0 Å². The standard InChI is InChI=1S/C12H24N2O2/c1-9-5-6-10(7-13)8-14(9)11(15)12(2,3)16-4/h9-10H,5-8,13H2,1-4H3. The molecule has 1 aliphatic rings. The van der Waals surface area contributed by atoms with E-state index in [1.54, 1.807) is 7.11 Å². The van der Waals surface area contributed by atoms with Crippen LogP contribution in [-0.2, 0) is 9.53 Å². The van der Waals surface area contributed by atoms with Crippen molar-refractivity contribution in [2.45, 2.75) is 45.3 Å². The van der Waals surface area contributed by atoms with Gasteiger partial charge in [-0.05, 0) is 46.1 Å². The highest BCUT2D eigenvalue weighted by Gasteiger charge is 2.37. The highest BCUT2D eigenvalue weighted by molar-refractivity contribution is 5.84. The Labute approximate surface area is 98.1 Å². The van der Waals surface area contributed by atoms with Crippen LogP contribution < -0.4 is 5.73 Å². The Kier molecular flexibility index (Phi) is 4.33. The lowest BCUT2D eigenvalue weighted by atomic mass is 9.92. The van der Waals surface area contributed by atoms with Crippen LogP contribution in [0.15, 0.2) is 0 Å². The van der Waals surface area contributed by atoms with E-state index in [-0.39, 0.29) is 5.91 Å². The van der Waals surface area contributed by atoms with Crippen molar-refractivity contribution in [1.29, 1.82) is 0 Å². The largest absolute Gasteiger partial charge is 0.369 e. The average Bonchev–Trinajstić information content (AvgIpc) is 2.29. The number of piperidine rings is 1. The van der Waals surface area contributed by atoms with Crippen LogP contribution in [0.3, 0.4) is 0 Å². The van der Waals surface area contributed by atoms with Crippen molar-refractivity contribution in [2.24, 2.45) is 11.7 Å². The number of carbonyl (C=O) groups excluding carboxylic acids is 1. The average molecular weight is 228 g/mol. The summed E-state index contributed by atoms with van der Waals surface area (Å²) in [5.41, 5.74) is 4.95. The molecule has 2 atom stereocenters. The zero-order valence-electron chi connectivity index (χ0n) is 10.8. The van der Waals surface area contributed by atoms with Crippen molar-refractivity contribution in [3.05, 3.63) is 0 Å². The molecular formula is C12H24N2O2. The van der Waals surface area contributed by atoms with Crippen molar-refractivity contribution >= 4 is 5.91 Å². The molecular weight excluding hydrogens is 204 g/mol. The summed E-state index contributed by atoms with van der Waals surface area (Å²) in [6, 6.07) is 0.296. The first kappa shape index (κ1) is 13.5. The Morgan fingerprint density at radius 2 is 2.12 bits per heavy atom. The minimum atomic E-state index is -0.731. The number of hydrogen-bond acceptors (Lipinski definition) is 3. The molecule has 94 valence electrons. The second-order valence-electron chi connectivity index (χ2n) is 5.20. The first-order valence-corrected chi connectivity index (χ1v) is 5.98. The molecule has 0 aromatic heterocycles. The van der Waals surface area contributed by atoms with E-state index in [1.807, 2.05) is 18.7 Å². The molecule has 0 spiro atoms. The molecule has 2 unspecified atom stereocenters. The van der Waals surface area contributed by atoms with Crippen LogP contribution in [0, 0.1) is 5.92 Å². The second kappa shape index (κ2) is 5.15. The van der Waals surface area contributed by atoms with Gasteiger partial charge in [-0.15, -0.1) is 0 Å². The maximum atomic E-state index is 12.3. The third-order valence-electron chi connectivity index (χ3n) is 3.60. The number of nitrogens with two attached hydrogens (primary N) is 1. The zero-order valence-corrected chi connectivity index (χ0v) is 10.8. The highest BCUT2D eigenvalue weighted by atomic mass is 16.5. The minimum absolute atomic E-state index is 0.0700. The molecule has 0 bridgehead atoms. The van der Waals surface area contributed by atoms with Crippen LogP contribution in [0.2, 0.25) is 0 Å². The van der Waals surface area contributed by atoms with Gasteiger partial charge in [0.15, 0.2) is 0 Å². The summed E-state index contributed by atoms with van der Waals surface area (Å²) < 4.78 is 5.25. The molecule has 2 N–H and O–H groups in total. The maximum absolute atomic E-state index is 12.3. The van der Waals surface area contributed by atoms with Crippen LogP contribution >= 0.6 is 0 Å². The summed E-state index contributed by atoms with van der Waals surface area (Å²) in [4.78, 5) is 14.2. The molecule has 0 aliphatic carbocycles. The molecule has 4 nitrogen and oxygen atoms in total. The van der Waals surface area contributed by atoms with E-state index in [0.717, 1.165) is 19.4 Å². The summed E-state index contributed by atoms with van der Waals surface area (Å²) in [5.74, 6) is 0.508. The first-order valence-electron chi connectivity index (χ1n) is 5.98. The number of nitrogens with zero attached hydrogens (tertiary/aromatic N) is 1. The van der Waals surface area contributed by atoms with Gasteiger partial charge in [0.05, 0.1) is 0 Å².